The highest BCUT2D eigenvalue weighted by atomic mass is 35.5. The van der Waals surface area contributed by atoms with Crippen LogP contribution in [-0.2, 0) is 0 Å². The molecule has 1 aromatic heterocycles. The molecule has 114 valence electrons. The fourth-order valence-electron chi connectivity index (χ4n) is 2.17. The standard InChI is InChI=1S/C18H14ClN3O/c19-15-7-4-6-14(12-15)18(23)21-20-13-17-10-5-11-22(17)16-8-2-1-3-9-16/h1-13H,(H,21,23)/b20-13-. The average Bonchev–Trinajstić information content (AvgIpc) is 3.04. The summed E-state index contributed by atoms with van der Waals surface area (Å²) < 4.78 is 1.98. The summed E-state index contributed by atoms with van der Waals surface area (Å²) in [5.41, 5.74) is 4.86. The summed E-state index contributed by atoms with van der Waals surface area (Å²) in [6.45, 7) is 0. The Hall–Kier alpha value is -2.85. The number of amides is 1. The number of rotatable bonds is 4. The van der Waals surface area contributed by atoms with Gasteiger partial charge in [0.1, 0.15) is 0 Å². The zero-order valence-corrected chi connectivity index (χ0v) is 12.9. The van der Waals surface area contributed by atoms with E-state index in [4.69, 9.17) is 11.6 Å². The van der Waals surface area contributed by atoms with Crippen LogP contribution in [0.15, 0.2) is 78.0 Å². The third-order valence-corrected chi connectivity index (χ3v) is 3.50. The van der Waals surface area contributed by atoms with Crippen molar-refractivity contribution >= 4 is 23.7 Å². The highest BCUT2D eigenvalue weighted by Gasteiger charge is 2.04. The predicted molar refractivity (Wildman–Crippen MR) is 92.3 cm³/mol. The molecule has 0 bridgehead atoms. The zero-order chi connectivity index (χ0) is 16.1. The second kappa shape index (κ2) is 6.94. The molecule has 5 heteroatoms. The molecular weight excluding hydrogens is 310 g/mol. The van der Waals surface area contributed by atoms with Gasteiger partial charge in [0.05, 0.1) is 11.9 Å². The van der Waals surface area contributed by atoms with Gasteiger partial charge in [0.15, 0.2) is 0 Å². The molecule has 0 spiro atoms. The molecule has 1 amide bonds. The van der Waals surface area contributed by atoms with E-state index in [1.807, 2.05) is 53.2 Å². The number of nitrogens with one attached hydrogen (secondary N) is 1. The third kappa shape index (κ3) is 3.67. The van der Waals surface area contributed by atoms with Gasteiger partial charge >= 0.3 is 0 Å². The monoisotopic (exact) mass is 323 g/mol. The summed E-state index contributed by atoms with van der Waals surface area (Å²) in [6.07, 6.45) is 3.55. The molecule has 4 nitrogen and oxygen atoms in total. The van der Waals surface area contributed by atoms with Gasteiger partial charge in [0.2, 0.25) is 0 Å². The molecule has 3 rings (SSSR count). The van der Waals surface area contributed by atoms with Crippen LogP contribution < -0.4 is 5.43 Å². The summed E-state index contributed by atoms with van der Waals surface area (Å²) in [5, 5.41) is 4.53. The fourth-order valence-corrected chi connectivity index (χ4v) is 2.36. The Morgan fingerprint density at radius 3 is 2.65 bits per heavy atom. The second-order valence-corrected chi connectivity index (χ2v) is 5.28. The molecule has 0 fully saturated rings. The van der Waals surface area contributed by atoms with Crippen molar-refractivity contribution in [3.8, 4) is 5.69 Å². The molecule has 0 saturated carbocycles. The fraction of sp³-hybridized carbons (Fsp3) is 0. The number of hydrazone groups is 1. The summed E-state index contributed by atoms with van der Waals surface area (Å²) >= 11 is 5.87. The minimum atomic E-state index is -0.304. The van der Waals surface area contributed by atoms with E-state index in [0.717, 1.165) is 11.4 Å². The molecule has 0 aliphatic rings. The molecule has 23 heavy (non-hydrogen) atoms. The Morgan fingerprint density at radius 2 is 1.87 bits per heavy atom. The van der Waals surface area contributed by atoms with E-state index in [1.165, 1.54) is 0 Å². The van der Waals surface area contributed by atoms with Crippen LogP contribution >= 0.6 is 11.6 Å². The van der Waals surface area contributed by atoms with Gasteiger partial charge in [-0.05, 0) is 42.5 Å². The van der Waals surface area contributed by atoms with Crippen molar-refractivity contribution in [1.29, 1.82) is 0 Å². The van der Waals surface area contributed by atoms with E-state index < -0.39 is 0 Å². The topological polar surface area (TPSA) is 46.4 Å². The van der Waals surface area contributed by atoms with Crippen molar-refractivity contribution in [3.63, 3.8) is 0 Å². The molecule has 0 saturated heterocycles. The van der Waals surface area contributed by atoms with Crippen molar-refractivity contribution in [2.24, 2.45) is 5.10 Å². The highest BCUT2D eigenvalue weighted by Crippen LogP contribution is 2.11. The SMILES string of the molecule is O=C(N/N=C\c1cccn1-c1ccccc1)c1cccc(Cl)c1. The van der Waals surface area contributed by atoms with Crippen LogP contribution in [0.25, 0.3) is 5.69 Å². The van der Waals surface area contributed by atoms with Crippen molar-refractivity contribution < 1.29 is 4.79 Å². The summed E-state index contributed by atoms with van der Waals surface area (Å²) in [6, 6.07) is 20.5. The number of nitrogens with zero attached hydrogens (tertiary/aromatic N) is 2. The lowest BCUT2D eigenvalue weighted by Crippen LogP contribution is -2.17. The van der Waals surface area contributed by atoms with E-state index in [9.17, 15) is 4.79 Å². The number of aromatic nitrogens is 1. The van der Waals surface area contributed by atoms with Crippen LogP contribution in [0.1, 0.15) is 16.1 Å². The maximum absolute atomic E-state index is 12.0. The van der Waals surface area contributed by atoms with Crippen LogP contribution in [0.4, 0.5) is 0 Å². The zero-order valence-electron chi connectivity index (χ0n) is 12.2. The molecule has 2 aromatic carbocycles. The molecule has 0 aliphatic carbocycles. The lowest BCUT2D eigenvalue weighted by molar-refractivity contribution is 0.0955. The van der Waals surface area contributed by atoms with Gasteiger partial charge in [0, 0.05) is 22.5 Å². The minimum Gasteiger partial charge on any atom is -0.316 e. The Morgan fingerprint density at radius 1 is 1.04 bits per heavy atom. The third-order valence-electron chi connectivity index (χ3n) is 3.26. The number of hydrogen-bond acceptors (Lipinski definition) is 2. The Kier molecular flexibility index (Phi) is 4.54. The van der Waals surface area contributed by atoms with E-state index in [-0.39, 0.29) is 5.91 Å². The predicted octanol–water partition coefficient (Wildman–Crippen LogP) is 3.89. The molecular formula is C18H14ClN3O. The van der Waals surface area contributed by atoms with Gasteiger partial charge in [-0.2, -0.15) is 5.10 Å². The van der Waals surface area contributed by atoms with Gasteiger partial charge < -0.3 is 4.57 Å². The summed E-state index contributed by atoms with van der Waals surface area (Å²) in [5.74, 6) is -0.304. The molecule has 0 unspecified atom stereocenters. The number of para-hydroxylation sites is 1. The van der Waals surface area contributed by atoms with Gasteiger partial charge in [-0.15, -0.1) is 0 Å². The normalized spacial score (nSPS) is 10.8. The van der Waals surface area contributed by atoms with Gasteiger partial charge in [-0.25, -0.2) is 5.43 Å². The van der Waals surface area contributed by atoms with Gasteiger partial charge in [-0.3, -0.25) is 4.79 Å². The maximum Gasteiger partial charge on any atom is 0.271 e. The molecule has 0 aliphatic heterocycles. The van der Waals surface area contributed by atoms with E-state index in [2.05, 4.69) is 10.5 Å². The molecule has 0 radical (unpaired) electrons. The lowest BCUT2D eigenvalue weighted by Gasteiger charge is -2.05. The minimum absolute atomic E-state index is 0.304. The first-order valence-corrected chi connectivity index (χ1v) is 7.43. The summed E-state index contributed by atoms with van der Waals surface area (Å²) in [4.78, 5) is 12.0. The molecule has 0 atom stereocenters. The quantitative estimate of drug-likeness (QED) is 0.574. The van der Waals surface area contributed by atoms with Crippen molar-refractivity contribution in [2.45, 2.75) is 0 Å². The number of carbonyl (C=O) groups is 1. The Bertz CT molecular complexity index is 840. The van der Waals surface area contributed by atoms with Crippen molar-refractivity contribution in [3.05, 3.63) is 89.2 Å². The second-order valence-electron chi connectivity index (χ2n) is 4.85. The first-order chi connectivity index (χ1) is 11.2. The Balaban J connectivity index is 1.72. The maximum atomic E-state index is 12.0. The van der Waals surface area contributed by atoms with Crippen molar-refractivity contribution in [2.75, 3.05) is 0 Å². The van der Waals surface area contributed by atoms with Crippen LogP contribution in [0.2, 0.25) is 5.02 Å². The van der Waals surface area contributed by atoms with Crippen molar-refractivity contribution in [1.82, 2.24) is 9.99 Å². The number of benzene rings is 2. The average molecular weight is 324 g/mol. The largest absolute Gasteiger partial charge is 0.316 e. The molecule has 1 N–H and O–H groups in total. The van der Waals surface area contributed by atoms with E-state index >= 15 is 0 Å². The first kappa shape index (κ1) is 15.1. The highest BCUT2D eigenvalue weighted by molar-refractivity contribution is 6.30. The smallest absolute Gasteiger partial charge is 0.271 e. The number of carbonyl (C=O) groups excluding carboxylic acids is 1. The van der Waals surface area contributed by atoms with E-state index in [0.29, 0.717) is 10.6 Å². The van der Waals surface area contributed by atoms with Crippen LogP contribution in [0.5, 0.6) is 0 Å². The van der Waals surface area contributed by atoms with E-state index in [1.54, 1.807) is 30.5 Å². The van der Waals surface area contributed by atoms with Crippen LogP contribution in [-0.4, -0.2) is 16.7 Å². The van der Waals surface area contributed by atoms with Gasteiger partial charge in [-0.1, -0.05) is 35.9 Å². The van der Waals surface area contributed by atoms with Crippen LogP contribution in [0.3, 0.4) is 0 Å². The Labute approximate surface area is 139 Å². The number of hydrogen-bond donors (Lipinski definition) is 1. The summed E-state index contributed by atoms with van der Waals surface area (Å²) in [7, 11) is 0. The molecule has 3 aromatic rings. The van der Waals surface area contributed by atoms with Gasteiger partial charge in [0.25, 0.3) is 5.91 Å². The molecule has 1 heterocycles. The van der Waals surface area contributed by atoms with Crippen LogP contribution in [0, 0.1) is 0 Å². The lowest BCUT2D eigenvalue weighted by atomic mass is 10.2. The first-order valence-electron chi connectivity index (χ1n) is 7.06. The number of halogens is 1.